The molecule has 0 aromatic heterocycles. The fourth-order valence-corrected chi connectivity index (χ4v) is 3.27. The molecule has 8 nitrogen and oxygen atoms in total. The minimum absolute atomic E-state index is 0.155. The Morgan fingerprint density at radius 3 is 2.22 bits per heavy atom. The number of esters is 3. The maximum atomic E-state index is 11.7. The van der Waals surface area contributed by atoms with Crippen molar-refractivity contribution in [1.82, 2.24) is 0 Å². The van der Waals surface area contributed by atoms with Gasteiger partial charge in [0.1, 0.15) is 24.6 Å². The number of benzene rings is 1. The van der Waals surface area contributed by atoms with Crippen molar-refractivity contribution in [3.8, 4) is 5.75 Å². The van der Waals surface area contributed by atoms with E-state index < -0.39 is 42.3 Å². The number of hydrogen-bond acceptors (Lipinski definition) is 8. The standard InChI is InChI=1S/C18H21BrO8/c1-9(20)24-8-15-17(25-10(2)21)18(26-11(3)22)16(27-15)13-7-12(19)5-6-14(13)23-4/h5-7,15-18H,8H2,1-4H3/t15-,16+,17-,18+/m1/s1. The molecule has 1 aromatic rings. The summed E-state index contributed by atoms with van der Waals surface area (Å²) in [7, 11) is 1.50. The molecule has 148 valence electrons. The highest BCUT2D eigenvalue weighted by Gasteiger charge is 2.51. The van der Waals surface area contributed by atoms with E-state index in [2.05, 4.69) is 15.9 Å². The smallest absolute Gasteiger partial charge is 0.303 e. The summed E-state index contributed by atoms with van der Waals surface area (Å²) in [5.41, 5.74) is 0.598. The molecule has 0 aliphatic carbocycles. The molecular weight excluding hydrogens is 424 g/mol. The van der Waals surface area contributed by atoms with Crippen LogP contribution in [0.1, 0.15) is 32.4 Å². The number of carbonyl (C=O) groups is 3. The maximum Gasteiger partial charge on any atom is 0.303 e. The van der Waals surface area contributed by atoms with Crippen LogP contribution in [0.4, 0.5) is 0 Å². The summed E-state index contributed by atoms with van der Waals surface area (Å²) in [5, 5.41) is 0. The first kappa shape index (κ1) is 21.2. The molecule has 1 saturated heterocycles. The zero-order chi connectivity index (χ0) is 20.1. The van der Waals surface area contributed by atoms with Gasteiger partial charge < -0.3 is 23.7 Å². The van der Waals surface area contributed by atoms with Gasteiger partial charge in [-0.3, -0.25) is 14.4 Å². The minimum atomic E-state index is -0.945. The van der Waals surface area contributed by atoms with Crippen molar-refractivity contribution in [3.63, 3.8) is 0 Å². The van der Waals surface area contributed by atoms with E-state index >= 15 is 0 Å². The molecular formula is C18H21BrO8. The number of ether oxygens (including phenoxy) is 5. The fraction of sp³-hybridized carbons (Fsp3) is 0.500. The lowest BCUT2D eigenvalue weighted by Gasteiger charge is -2.24. The highest BCUT2D eigenvalue weighted by molar-refractivity contribution is 9.10. The largest absolute Gasteiger partial charge is 0.496 e. The van der Waals surface area contributed by atoms with Gasteiger partial charge in [0, 0.05) is 30.8 Å². The molecule has 0 bridgehead atoms. The average molecular weight is 445 g/mol. The van der Waals surface area contributed by atoms with Crippen LogP contribution in [-0.2, 0) is 33.3 Å². The van der Waals surface area contributed by atoms with E-state index in [0.29, 0.717) is 11.3 Å². The van der Waals surface area contributed by atoms with Crippen molar-refractivity contribution < 1.29 is 38.1 Å². The highest BCUT2D eigenvalue weighted by atomic mass is 79.9. The zero-order valence-electron chi connectivity index (χ0n) is 15.4. The number of methoxy groups -OCH3 is 1. The summed E-state index contributed by atoms with van der Waals surface area (Å²) in [6.07, 6.45) is -3.48. The number of rotatable bonds is 6. The fourth-order valence-electron chi connectivity index (χ4n) is 2.89. The van der Waals surface area contributed by atoms with Crippen molar-refractivity contribution >= 4 is 33.8 Å². The normalized spacial score (nSPS) is 24.2. The quantitative estimate of drug-likeness (QED) is 0.486. The summed E-state index contributed by atoms with van der Waals surface area (Å²) >= 11 is 3.39. The molecule has 27 heavy (non-hydrogen) atoms. The van der Waals surface area contributed by atoms with Crippen molar-refractivity contribution in [2.24, 2.45) is 0 Å². The van der Waals surface area contributed by atoms with Gasteiger partial charge in [0.15, 0.2) is 12.2 Å². The Morgan fingerprint density at radius 2 is 1.67 bits per heavy atom. The lowest BCUT2D eigenvalue weighted by molar-refractivity contribution is -0.165. The molecule has 0 N–H and O–H groups in total. The van der Waals surface area contributed by atoms with Gasteiger partial charge in [-0.05, 0) is 18.2 Å². The topological polar surface area (TPSA) is 97.4 Å². The average Bonchev–Trinajstić information content (AvgIpc) is 2.89. The van der Waals surface area contributed by atoms with E-state index in [1.54, 1.807) is 18.2 Å². The molecule has 1 heterocycles. The minimum Gasteiger partial charge on any atom is -0.496 e. The van der Waals surface area contributed by atoms with Crippen LogP contribution >= 0.6 is 15.9 Å². The predicted octanol–water partition coefficient (Wildman–Crippen LogP) is 2.32. The third-order valence-corrected chi connectivity index (χ3v) is 4.36. The number of carbonyl (C=O) groups excluding carboxylic acids is 3. The summed E-state index contributed by atoms with van der Waals surface area (Å²) in [5.74, 6) is -1.13. The third kappa shape index (κ3) is 5.43. The molecule has 4 atom stereocenters. The Hall–Kier alpha value is -2.13. The molecule has 1 fully saturated rings. The third-order valence-electron chi connectivity index (χ3n) is 3.86. The van der Waals surface area contributed by atoms with E-state index in [1.165, 1.54) is 27.9 Å². The van der Waals surface area contributed by atoms with Crippen molar-refractivity contribution in [1.29, 1.82) is 0 Å². The molecule has 0 saturated carbocycles. The Kier molecular flexibility index (Phi) is 7.20. The van der Waals surface area contributed by atoms with Crippen molar-refractivity contribution in [2.45, 2.75) is 45.2 Å². The Balaban J connectivity index is 2.44. The summed E-state index contributed by atoms with van der Waals surface area (Å²) in [4.78, 5) is 34.4. The van der Waals surface area contributed by atoms with Gasteiger partial charge in [0.2, 0.25) is 0 Å². The Morgan fingerprint density at radius 1 is 1.04 bits per heavy atom. The van der Waals surface area contributed by atoms with Gasteiger partial charge in [0.05, 0.1) is 7.11 Å². The second-order valence-corrected chi connectivity index (χ2v) is 6.85. The highest BCUT2D eigenvalue weighted by Crippen LogP contribution is 2.42. The van der Waals surface area contributed by atoms with Crippen LogP contribution in [0, 0.1) is 0 Å². The first-order valence-electron chi connectivity index (χ1n) is 8.19. The van der Waals surface area contributed by atoms with Crippen LogP contribution in [0.2, 0.25) is 0 Å². The van der Waals surface area contributed by atoms with Crippen LogP contribution in [0.5, 0.6) is 5.75 Å². The van der Waals surface area contributed by atoms with E-state index in [1.807, 2.05) is 0 Å². The second kappa shape index (κ2) is 9.18. The SMILES string of the molecule is COc1ccc(Br)cc1[C@@H]1O[C@H](COC(C)=O)[C@@H](OC(C)=O)[C@H]1OC(C)=O. The van der Waals surface area contributed by atoms with Crippen molar-refractivity contribution in [3.05, 3.63) is 28.2 Å². The van der Waals surface area contributed by atoms with Gasteiger partial charge in [-0.2, -0.15) is 0 Å². The van der Waals surface area contributed by atoms with Gasteiger partial charge in [0.25, 0.3) is 0 Å². The lowest BCUT2D eigenvalue weighted by Crippen LogP contribution is -2.40. The van der Waals surface area contributed by atoms with Crippen LogP contribution in [0.3, 0.4) is 0 Å². The monoisotopic (exact) mass is 444 g/mol. The van der Waals surface area contributed by atoms with Gasteiger partial charge in [-0.1, -0.05) is 15.9 Å². The van der Waals surface area contributed by atoms with Crippen LogP contribution < -0.4 is 4.74 Å². The summed E-state index contributed by atoms with van der Waals surface area (Å²) < 4.78 is 27.9. The van der Waals surface area contributed by atoms with Gasteiger partial charge in [-0.15, -0.1) is 0 Å². The molecule has 9 heteroatoms. The summed E-state index contributed by atoms with van der Waals surface area (Å²) in [6.45, 7) is 3.59. The Bertz CT molecular complexity index is 719. The Labute approximate surface area is 165 Å². The molecule has 1 aliphatic rings. The second-order valence-electron chi connectivity index (χ2n) is 5.93. The van der Waals surface area contributed by atoms with Crippen molar-refractivity contribution in [2.75, 3.05) is 13.7 Å². The summed E-state index contributed by atoms with van der Waals surface area (Å²) in [6, 6.07) is 5.28. The van der Waals surface area contributed by atoms with Crippen LogP contribution in [0.25, 0.3) is 0 Å². The molecule has 0 spiro atoms. The van der Waals surface area contributed by atoms with E-state index in [9.17, 15) is 14.4 Å². The van der Waals surface area contributed by atoms with Crippen LogP contribution in [-0.4, -0.2) is 49.9 Å². The van der Waals surface area contributed by atoms with Crippen LogP contribution in [0.15, 0.2) is 22.7 Å². The lowest BCUT2D eigenvalue weighted by atomic mass is 10.00. The predicted molar refractivity (Wildman–Crippen MR) is 96.0 cm³/mol. The number of halogens is 1. The molecule has 1 aromatic carbocycles. The van der Waals surface area contributed by atoms with E-state index in [-0.39, 0.29) is 6.61 Å². The first-order valence-corrected chi connectivity index (χ1v) is 8.99. The van der Waals surface area contributed by atoms with Gasteiger partial charge in [-0.25, -0.2) is 0 Å². The van der Waals surface area contributed by atoms with E-state index in [4.69, 9.17) is 23.7 Å². The molecule has 0 amide bonds. The van der Waals surface area contributed by atoms with E-state index in [0.717, 1.165) is 4.47 Å². The first-order chi connectivity index (χ1) is 12.7. The maximum absolute atomic E-state index is 11.7. The molecule has 1 aliphatic heterocycles. The zero-order valence-corrected chi connectivity index (χ0v) is 17.0. The molecule has 2 rings (SSSR count). The van der Waals surface area contributed by atoms with Gasteiger partial charge >= 0.3 is 17.9 Å². The molecule has 0 radical (unpaired) electrons. The number of hydrogen-bond donors (Lipinski definition) is 0. The molecule has 0 unspecified atom stereocenters.